The topological polar surface area (TPSA) is 42.0 Å². The Balaban J connectivity index is 2.86. The average molecular weight is 280 g/mol. The van der Waals surface area contributed by atoms with Crippen molar-refractivity contribution < 1.29 is 4.79 Å². The second-order valence-electron chi connectivity index (χ2n) is 5.29. The van der Waals surface area contributed by atoms with Gasteiger partial charge in [0.05, 0.1) is 11.7 Å². The van der Waals surface area contributed by atoms with E-state index in [0.717, 1.165) is 17.0 Å². The Morgan fingerprint density at radius 1 is 1.42 bits per heavy atom. The third kappa shape index (κ3) is 4.53. The van der Waals surface area contributed by atoms with E-state index in [1.165, 1.54) is 0 Å². The molecule has 1 heterocycles. The zero-order valence-electron chi connectivity index (χ0n) is 12.4. The monoisotopic (exact) mass is 280 g/mol. The molecule has 0 bridgehead atoms. The number of pyridine rings is 1. The second kappa shape index (κ2) is 7.53. The van der Waals surface area contributed by atoms with Gasteiger partial charge in [0.15, 0.2) is 0 Å². The highest BCUT2D eigenvalue weighted by Crippen LogP contribution is 2.23. The third-order valence-electron chi connectivity index (χ3n) is 3.17. The van der Waals surface area contributed by atoms with Crippen molar-refractivity contribution in [3.05, 3.63) is 29.6 Å². The van der Waals surface area contributed by atoms with Crippen LogP contribution in [-0.2, 0) is 4.79 Å². The molecule has 1 rings (SSSR count). The number of thioether (sulfide) groups is 1. The number of carbonyl (C=O) groups excluding carboxylic acids is 1. The number of hydrogen-bond acceptors (Lipinski definition) is 3. The normalized spacial score (nSPS) is 14.2. The zero-order chi connectivity index (χ0) is 14.4. The molecule has 0 spiro atoms. The van der Waals surface area contributed by atoms with Crippen LogP contribution < -0.4 is 5.32 Å². The van der Waals surface area contributed by atoms with Gasteiger partial charge in [-0.2, -0.15) is 11.8 Å². The number of carbonyl (C=O) groups is 1. The lowest BCUT2D eigenvalue weighted by molar-refractivity contribution is -0.125. The van der Waals surface area contributed by atoms with Crippen LogP contribution in [0.2, 0.25) is 0 Å². The summed E-state index contributed by atoms with van der Waals surface area (Å²) < 4.78 is 0. The number of rotatable bonds is 6. The van der Waals surface area contributed by atoms with Gasteiger partial charge in [0, 0.05) is 17.9 Å². The van der Waals surface area contributed by atoms with E-state index in [9.17, 15) is 4.79 Å². The van der Waals surface area contributed by atoms with Crippen molar-refractivity contribution in [2.75, 3.05) is 12.0 Å². The molecule has 1 amide bonds. The molecule has 0 unspecified atom stereocenters. The number of aryl methyl sites for hydroxylation is 1. The fourth-order valence-electron chi connectivity index (χ4n) is 2.00. The fraction of sp³-hybridized carbons (Fsp3) is 0.600. The van der Waals surface area contributed by atoms with E-state index in [2.05, 4.69) is 24.1 Å². The molecule has 1 aromatic heterocycles. The van der Waals surface area contributed by atoms with Crippen LogP contribution in [0.3, 0.4) is 0 Å². The van der Waals surface area contributed by atoms with Gasteiger partial charge in [0.2, 0.25) is 5.91 Å². The summed E-state index contributed by atoms with van der Waals surface area (Å²) in [6, 6.07) is 3.95. The van der Waals surface area contributed by atoms with Crippen LogP contribution >= 0.6 is 11.8 Å². The van der Waals surface area contributed by atoms with E-state index in [1.807, 2.05) is 32.2 Å². The maximum absolute atomic E-state index is 12.2. The first-order valence-corrected chi connectivity index (χ1v) is 8.07. The maximum Gasteiger partial charge on any atom is 0.224 e. The Morgan fingerprint density at radius 2 is 2.11 bits per heavy atom. The predicted molar refractivity (Wildman–Crippen MR) is 82.2 cm³/mol. The van der Waals surface area contributed by atoms with Crippen molar-refractivity contribution in [1.82, 2.24) is 10.3 Å². The summed E-state index contributed by atoms with van der Waals surface area (Å²) in [5, 5.41) is 3.14. The van der Waals surface area contributed by atoms with Crippen LogP contribution in [-0.4, -0.2) is 22.9 Å². The first-order valence-electron chi connectivity index (χ1n) is 6.68. The summed E-state index contributed by atoms with van der Waals surface area (Å²) in [6.45, 7) is 8.22. The van der Waals surface area contributed by atoms with Gasteiger partial charge >= 0.3 is 0 Å². The molecule has 2 atom stereocenters. The van der Waals surface area contributed by atoms with Crippen molar-refractivity contribution in [2.45, 2.75) is 33.7 Å². The van der Waals surface area contributed by atoms with Crippen LogP contribution in [0.25, 0.3) is 0 Å². The fourth-order valence-corrected chi connectivity index (χ4v) is 2.65. The lowest BCUT2D eigenvalue weighted by Crippen LogP contribution is -2.36. The van der Waals surface area contributed by atoms with E-state index in [0.29, 0.717) is 5.92 Å². The maximum atomic E-state index is 12.2. The molecule has 0 aliphatic carbocycles. The Bertz CT molecular complexity index is 420. The Morgan fingerprint density at radius 3 is 2.63 bits per heavy atom. The summed E-state index contributed by atoms with van der Waals surface area (Å²) >= 11 is 1.70. The minimum Gasteiger partial charge on any atom is -0.347 e. The van der Waals surface area contributed by atoms with Gasteiger partial charge in [-0.15, -0.1) is 0 Å². The largest absolute Gasteiger partial charge is 0.347 e. The number of amides is 1. The van der Waals surface area contributed by atoms with E-state index in [-0.39, 0.29) is 17.9 Å². The Kier molecular flexibility index (Phi) is 6.35. The Labute approximate surface area is 120 Å². The highest BCUT2D eigenvalue weighted by atomic mass is 32.2. The lowest BCUT2D eigenvalue weighted by Gasteiger charge is -2.25. The molecule has 1 aromatic rings. The molecule has 0 aliphatic heterocycles. The van der Waals surface area contributed by atoms with Gasteiger partial charge in [0.25, 0.3) is 0 Å². The molecular weight excluding hydrogens is 256 g/mol. The zero-order valence-corrected chi connectivity index (χ0v) is 13.3. The number of hydrogen-bond donors (Lipinski definition) is 1. The summed E-state index contributed by atoms with van der Waals surface area (Å²) in [7, 11) is 0. The highest BCUT2D eigenvalue weighted by molar-refractivity contribution is 7.98. The van der Waals surface area contributed by atoms with Crippen LogP contribution in [0.5, 0.6) is 0 Å². The number of nitrogens with zero attached hydrogens (tertiary/aromatic N) is 1. The van der Waals surface area contributed by atoms with E-state index >= 15 is 0 Å². The quantitative estimate of drug-likeness (QED) is 0.870. The van der Waals surface area contributed by atoms with Crippen molar-refractivity contribution in [3.63, 3.8) is 0 Å². The molecule has 3 nitrogen and oxygen atoms in total. The first-order chi connectivity index (χ1) is 8.97. The highest BCUT2D eigenvalue weighted by Gasteiger charge is 2.23. The van der Waals surface area contributed by atoms with E-state index < -0.39 is 0 Å². The molecule has 0 aromatic carbocycles. The van der Waals surface area contributed by atoms with Crippen LogP contribution in [0.15, 0.2) is 18.3 Å². The second-order valence-corrected chi connectivity index (χ2v) is 6.20. The molecule has 0 saturated heterocycles. The smallest absolute Gasteiger partial charge is 0.224 e. The van der Waals surface area contributed by atoms with Crippen molar-refractivity contribution in [3.8, 4) is 0 Å². The molecule has 19 heavy (non-hydrogen) atoms. The molecule has 0 saturated carbocycles. The average Bonchev–Trinajstić information content (AvgIpc) is 2.36. The SMILES string of the molecule is CSC[C@@H](C)C(=O)N[C@H](c1ncccc1C)C(C)C. The summed E-state index contributed by atoms with van der Waals surface area (Å²) in [5.41, 5.74) is 2.10. The van der Waals surface area contributed by atoms with Gasteiger partial charge < -0.3 is 5.32 Å². The van der Waals surface area contributed by atoms with E-state index in [4.69, 9.17) is 0 Å². The Hall–Kier alpha value is -1.03. The number of aromatic nitrogens is 1. The van der Waals surface area contributed by atoms with Crippen molar-refractivity contribution >= 4 is 17.7 Å². The summed E-state index contributed by atoms with van der Waals surface area (Å²) in [5.74, 6) is 1.30. The molecule has 0 radical (unpaired) electrons. The summed E-state index contributed by atoms with van der Waals surface area (Å²) in [6.07, 6.45) is 3.81. The summed E-state index contributed by atoms with van der Waals surface area (Å²) in [4.78, 5) is 16.6. The van der Waals surface area contributed by atoms with Gasteiger partial charge in [-0.3, -0.25) is 9.78 Å². The van der Waals surface area contributed by atoms with Crippen molar-refractivity contribution in [2.24, 2.45) is 11.8 Å². The predicted octanol–water partition coefficient (Wildman–Crippen LogP) is 3.20. The van der Waals surface area contributed by atoms with Gasteiger partial charge in [-0.05, 0) is 30.7 Å². The van der Waals surface area contributed by atoms with Crippen LogP contribution in [0, 0.1) is 18.8 Å². The number of nitrogens with one attached hydrogen (secondary N) is 1. The molecule has 4 heteroatoms. The van der Waals surface area contributed by atoms with Gasteiger partial charge in [-0.25, -0.2) is 0 Å². The molecule has 1 N–H and O–H groups in total. The standard InChI is InChI=1S/C15H24N2OS/c1-10(2)13(14-11(3)7-6-8-16-14)17-15(18)12(4)9-19-5/h6-8,10,12-13H,9H2,1-5H3,(H,17,18)/t12-,13+/m1/s1. The first kappa shape index (κ1) is 16.0. The third-order valence-corrected chi connectivity index (χ3v) is 4.01. The minimum atomic E-state index is -0.0157. The van der Waals surface area contributed by atoms with Crippen LogP contribution in [0.1, 0.15) is 38.1 Å². The minimum absolute atomic E-state index is 0.0157. The van der Waals surface area contributed by atoms with Crippen LogP contribution in [0.4, 0.5) is 0 Å². The molecule has 106 valence electrons. The van der Waals surface area contributed by atoms with Gasteiger partial charge in [0.1, 0.15) is 0 Å². The molecule has 0 aliphatic rings. The molecular formula is C15H24N2OS. The van der Waals surface area contributed by atoms with E-state index in [1.54, 1.807) is 18.0 Å². The van der Waals surface area contributed by atoms with Gasteiger partial charge in [-0.1, -0.05) is 26.8 Å². The lowest BCUT2D eigenvalue weighted by atomic mass is 9.96. The van der Waals surface area contributed by atoms with Crippen molar-refractivity contribution in [1.29, 1.82) is 0 Å². The molecule has 0 fully saturated rings.